The smallest absolute Gasteiger partial charge is 0.262 e. The fourth-order valence-electron chi connectivity index (χ4n) is 4.02. The van der Waals surface area contributed by atoms with Crippen LogP contribution in [-0.4, -0.2) is 51.9 Å². The average Bonchev–Trinajstić information content (AvgIpc) is 2.84. The average molecular weight is 463 g/mol. The SMILES string of the molecule is Cc1cc(COc2ccc(C(=O)NC3CCN(CC(=O)NO)C(=O)C3)cc2)c2ccccc2n1. The highest BCUT2D eigenvalue weighted by Crippen LogP contribution is 2.21. The molecule has 3 amide bonds. The van der Waals surface area contributed by atoms with Gasteiger partial charge in [-0.2, -0.15) is 0 Å². The van der Waals surface area contributed by atoms with Crippen LogP contribution in [0.4, 0.5) is 0 Å². The molecule has 0 aliphatic carbocycles. The molecule has 9 heteroatoms. The number of hydrogen-bond acceptors (Lipinski definition) is 6. The van der Waals surface area contributed by atoms with Gasteiger partial charge in [0.05, 0.1) is 5.52 Å². The molecule has 2 aromatic carbocycles. The molecule has 1 fully saturated rings. The highest BCUT2D eigenvalue weighted by atomic mass is 16.5. The van der Waals surface area contributed by atoms with Crippen molar-refractivity contribution in [2.75, 3.05) is 13.1 Å². The minimum atomic E-state index is -0.648. The molecular weight excluding hydrogens is 436 g/mol. The van der Waals surface area contributed by atoms with Gasteiger partial charge in [-0.1, -0.05) is 18.2 Å². The number of para-hydroxylation sites is 1. The van der Waals surface area contributed by atoms with E-state index in [9.17, 15) is 14.4 Å². The van der Waals surface area contributed by atoms with Crippen LogP contribution in [0.25, 0.3) is 10.9 Å². The van der Waals surface area contributed by atoms with Gasteiger partial charge in [-0.3, -0.25) is 24.6 Å². The molecule has 1 aliphatic heterocycles. The number of ether oxygens (including phenoxy) is 1. The zero-order valence-corrected chi connectivity index (χ0v) is 18.8. The summed E-state index contributed by atoms with van der Waals surface area (Å²) in [6.45, 7) is 2.45. The van der Waals surface area contributed by atoms with Crippen LogP contribution in [0.1, 0.15) is 34.5 Å². The second-order valence-electron chi connectivity index (χ2n) is 8.27. The van der Waals surface area contributed by atoms with Crippen molar-refractivity contribution in [2.24, 2.45) is 0 Å². The Morgan fingerprint density at radius 2 is 1.94 bits per heavy atom. The zero-order chi connectivity index (χ0) is 24.1. The summed E-state index contributed by atoms with van der Waals surface area (Å²) in [6.07, 6.45) is 0.627. The Morgan fingerprint density at radius 3 is 2.68 bits per heavy atom. The molecule has 2 heterocycles. The van der Waals surface area contributed by atoms with Crippen LogP contribution in [0.3, 0.4) is 0 Å². The van der Waals surface area contributed by atoms with Gasteiger partial charge in [-0.15, -0.1) is 0 Å². The molecule has 3 N–H and O–H groups in total. The minimum absolute atomic E-state index is 0.102. The first kappa shape index (κ1) is 23.2. The quantitative estimate of drug-likeness (QED) is 0.366. The number of nitrogens with one attached hydrogen (secondary N) is 2. The fourth-order valence-corrected chi connectivity index (χ4v) is 4.02. The van der Waals surface area contributed by atoms with E-state index in [1.807, 2.05) is 37.3 Å². The van der Waals surface area contributed by atoms with Gasteiger partial charge < -0.3 is 15.0 Å². The molecule has 1 atom stereocenters. The van der Waals surface area contributed by atoms with Crippen LogP contribution in [0, 0.1) is 6.92 Å². The molecule has 3 aromatic rings. The number of hydroxylamine groups is 1. The number of piperidine rings is 1. The molecule has 0 radical (unpaired) electrons. The van der Waals surface area contributed by atoms with E-state index < -0.39 is 5.91 Å². The fraction of sp³-hybridized carbons (Fsp3) is 0.280. The summed E-state index contributed by atoms with van der Waals surface area (Å²) in [7, 11) is 0. The Labute approximate surface area is 196 Å². The third-order valence-corrected chi connectivity index (χ3v) is 5.76. The van der Waals surface area contributed by atoms with Crippen LogP contribution < -0.4 is 15.5 Å². The molecule has 9 nitrogen and oxygen atoms in total. The van der Waals surface area contributed by atoms with E-state index in [1.165, 1.54) is 10.4 Å². The molecule has 1 saturated heterocycles. The second kappa shape index (κ2) is 10.3. The number of fused-ring (bicyclic) bond motifs is 1. The molecule has 4 rings (SSSR count). The maximum atomic E-state index is 12.6. The van der Waals surface area contributed by atoms with Crippen molar-refractivity contribution in [3.63, 3.8) is 0 Å². The van der Waals surface area contributed by atoms with Crippen LogP contribution in [0.5, 0.6) is 5.75 Å². The van der Waals surface area contributed by atoms with Crippen molar-refractivity contribution < 1.29 is 24.3 Å². The Kier molecular flexibility index (Phi) is 7.03. The van der Waals surface area contributed by atoms with Crippen molar-refractivity contribution in [1.29, 1.82) is 0 Å². The van der Waals surface area contributed by atoms with Gasteiger partial charge in [0, 0.05) is 41.2 Å². The lowest BCUT2D eigenvalue weighted by Crippen LogP contribution is -2.50. The first-order valence-corrected chi connectivity index (χ1v) is 11.0. The van der Waals surface area contributed by atoms with Gasteiger partial charge in [0.25, 0.3) is 11.8 Å². The molecule has 34 heavy (non-hydrogen) atoms. The molecule has 0 saturated carbocycles. The van der Waals surface area contributed by atoms with Gasteiger partial charge >= 0.3 is 0 Å². The summed E-state index contributed by atoms with van der Waals surface area (Å²) in [6, 6.07) is 16.5. The van der Waals surface area contributed by atoms with E-state index in [-0.39, 0.29) is 30.8 Å². The Hall–Kier alpha value is -3.98. The second-order valence-corrected chi connectivity index (χ2v) is 8.27. The van der Waals surface area contributed by atoms with Gasteiger partial charge in [-0.05, 0) is 49.7 Å². The van der Waals surface area contributed by atoms with Crippen molar-refractivity contribution in [1.82, 2.24) is 20.7 Å². The number of hydrogen-bond donors (Lipinski definition) is 3. The van der Waals surface area contributed by atoms with Crippen LogP contribution in [0.2, 0.25) is 0 Å². The van der Waals surface area contributed by atoms with E-state index in [2.05, 4.69) is 10.3 Å². The van der Waals surface area contributed by atoms with Crippen molar-refractivity contribution in [3.8, 4) is 5.75 Å². The van der Waals surface area contributed by atoms with Gasteiger partial charge in [-0.25, -0.2) is 5.48 Å². The summed E-state index contributed by atoms with van der Waals surface area (Å²) in [5, 5.41) is 12.5. The van der Waals surface area contributed by atoms with Gasteiger partial charge in [0.15, 0.2) is 0 Å². The third-order valence-electron chi connectivity index (χ3n) is 5.76. The topological polar surface area (TPSA) is 121 Å². The number of carbonyl (C=O) groups is 3. The number of pyridine rings is 1. The highest BCUT2D eigenvalue weighted by molar-refractivity contribution is 5.95. The van der Waals surface area contributed by atoms with Crippen molar-refractivity contribution >= 4 is 28.6 Å². The van der Waals surface area contributed by atoms with Crippen molar-refractivity contribution in [2.45, 2.75) is 32.4 Å². The summed E-state index contributed by atoms with van der Waals surface area (Å²) < 4.78 is 5.95. The molecule has 1 aromatic heterocycles. The van der Waals surface area contributed by atoms with E-state index in [1.54, 1.807) is 24.3 Å². The maximum Gasteiger partial charge on any atom is 0.262 e. The van der Waals surface area contributed by atoms with Crippen LogP contribution in [0.15, 0.2) is 54.6 Å². The number of carbonyl (C=O) groups excluding carboxylic acids is 3. The standard InChI is InChI=1S/C25H26N4O5/c1-16-12-18(21-4-2-3-5-22(21)26-16)15-34-20-8-6-17(7-9-20)25(32)27-19-10-11-29(24(31)13-19)14-23(30)28-33/h2-9,12,19,33H,10-11,13-15H2,1H3,(H,27,32)(H,28,30). The lowest BCUT2D eigenvalue weighted by Gasteiger charge is -2.31. The highest BCUT2D eigenvalue weighted by Gasteiger charge is 2.28. The predicted octanol–water partition coefficient (Wildman–Crippen LogP) is 2.35. The number of aryl methyl sites for hydroxylation is 1. The number of aromatic nitrogens is 1. The first-order chi connectivity index (χ1) is 16.4. The maximum absolute atomic E-state index is 12.6. The lowest BCUT2D eigenvalue weighted by molar-refractivity contribution is -0.141. The largest absolute Gasteiger partial charge is 0.489 e. The monoisotopic (exact) mass is 462 g/mol. The molecule has 1 aliphatic rings. The summed E-state index contributed by atoms with van der Waals surface area (Å²) in [5.74, 6) is -0.532. The van der Waals surface area contributed by atoms with E-state index in [0.29, 0.717) is 30.9 Å². The minimum Gasteiger partial charge on any atom is -0.489 e. The molecular formula is C25H26N4O5. The summed E-state index contributed by atoms with van der Waals surface area (Å²) in [5.41, 5.74) is 4.87. The number of amides is 3. The normalized spacial score (nSPS) is 15.8. The van der Waals surface area contributed by atoms with E-state index in [4.69, 9.17) is 9.94 Å². The number of likely N-dealkylation sites (tertiary alicyclic amines) is 1. The molecule has 1 unspecified atom stereocenters. The summed E-state index contributed by atoms with van der Waals surface area (Å²) >= 11 is 0. The zero-order valence-electron chi connectivity index (χ0n) is 18.8. The third kappa shape index (κ3) is 5.49. The van der Waals surface area contributed by atoms with E-state index in [0.717, 1.165) is 22.2 Å². The van der Waals surface area contributed by atoms with Crippen LogP contribution >= 0.6 is 0 Å². The molecule has 0 bridgehead atoms. The lowest BCUT2D eigenvalue weighted by atomic mass is 10.0. The number of nitrogens with zero attached hydrogens (tertiary/aromatic N) is 2. The first-order valence-electron chi connectivity index (χ1n) is 11.0. The van der Waals surface area contributed by atoms with Gasteiger partial charge in [0.1, 0.15) is 18.9 Å². The number of benzene rings is 2. The van der Waals surface area contributed by atoms with Gasteiger partial charge in [0.2, 0.25) is 5.91 Å². The summed E-state index contributed by atoms with van der Waals surface area (Å²) in [4.78, 5) is 42.0. The Morgan fingerprint density at radius 1 is 1.18 bits per heavy atom. The number of rotatable bonds is 7. The molecule has 0 spiro atoms. The molecule has 176 valence electrons. The Bertz CT molecular complexity index is 1210. The van der Waals surface area contributed by atoms with E-state index >= 15 is 0 Å². The Balaban J connectivity index is 1.32. The predicted molar refractivity (Wildman–Crippen MR) is 124 cm³/mol. The van der Waals surface area contributed by atoms with Crippen molar-refractivity contribution in [3.05, 3.63) is 71.4 Å². The van der Waals surface area contributed by atoms with Crippen LogP contribution in [-0.2, 0) is 16.2 Å².